The van der Waals surface area contributed by atoms with Gasteiger partial charge in [-0.1, -0.05) is 30.3 Å². The second-order valence-corrected chi connectivity index (χ2v) is 13.5. The van der Waals surface area contributed by atoms with Crippen molar-refractivity contribution in [1.29, 1.82) is 0 Å². The van der Waals surface area contributed by atoms with Gasteiger partial charge in [0.25, 0.3) is 5.91 Å². The lowest BCUT2D eigenvalue weighted by molar-refractivity contribution is -0.0453. The molecular weight excluding hydrogens is 566 g/mol. The van der Waals surface area contributed by atoms with E-state index in [1.807, 2.05) is 48.0 Å². The summed E-state index contributed by atoms with van der Waals surface area (Å²) in [4.78, 5) is 24.5. The number of rotatable bonds is 8. The summed E-state index contributed by atoms with van der Waals surface area (Å²) in [6.07, 6.45) is 2.76. The molecular formula is C36H45N5O4. The van der Waals surface area contributed by atoms with Gasteiger partial charge in [-0.05, 0) is 89.8 Å². The summed E-state index contributed by atoms with van der Waals surface area (Å²) in [6, 6.07) is 20.2. The summed E-state index contributed by atoms with van der Waals surface area (Å²) in [6.45, 7) is 13.8. The van der Waals surface area contributed by atoms with Crippen LogP contribution in [0.2, 0.25) is 0 Å². The lowest BCUT2D eigenvalue weighted by Crippen LogP contribution is -2.68. The van der Waals surface area contributed by atoms with E-state index < -0.39 is 5.54 Å². The fraction of sp³-hybridized carbons (Fsp3) is 0.472. The predicted octanol–water partition coefficient (Wildman–Crippen LogP) is 6.60. The third kappa shape index (κ3) is 6.34. The molecule has 4 heterocycles. The van der Waals surface area contributed by atoms with Gasteiger partial charge in [-0.25, -0.2) is 9.67 Å². The summed E-state index contributed by atoms with van der Waals surface area (Å²) in [5.74, 6) is 0.695. The van der Waals surface area contributed by atoms with Gasteiger partial charge in [0.05, 0.1) is 27.9 Å². The van der Waals surface area contributed by atoms with E-state index in [1.165, 1.54) is 5.56 Å². The van der Waals surface area contributed by atoms with E-state index in [0.29, 0.717) is 35.8 Å². The zero-order valence-electron chi connectivity index (χ0n) is 27.4. The molecule has 45 heavy (non-hydrogen) atoms. The van der Waals surface area contributed by atoms with Crippen LogP contribution < -0.4 is 4.74 Å². The minimum Gasteiger partial charge on any atom is -0.468 e. The number of nitrogens with zero attached hydrogens (tertiary/aromatic N) is 5. The van der Waals surface area contributed by atoms with Crippen molar-refractivity contribution in [3.05, 3.63) is 77.5 Å². The molecule has 0 bridgehead atoms. The fourth-order valence-electron chi connectivity index (χ4n) is 6.63. The highest BCUT2D eigenvalue weighted by molar-refractivity contribution is 6.08. The summed E-state index contributed by atoms with van der Waals surface area (Å²) in [5.41, 5.74) is 4.31. The van der Waals surface area contributed by atoms with Crippen LogP contribution in [0.25, 0.3) is 22.3 Å². The summed E-state index contributed by atoms with van der Waals surface area (Å²) in [5, 5.41) is 5.71. The first-order chi connectivity index (χ1) is 21.6. The molecule has 1 atom stereocenters. The second-order valence-electron chi connectivity index (χ2n) is 13.5. The SMILES string of the molecule is COCOc1ccc(-c2cc(C(=O)N3CC(C)(C)N(Cc4ccccc4)CC3(C)C)c3c(C)nn(C4CCCCO4)c3n2)cc1. The third-order valence-electron chi connectivity index (χ3n) is 9.16. The molecule has 2 aliphatic rings. The van der Waals surface area contributed by atoms with Gasteiger partial charge in [0.15, 0.2) is 18.7 Å². The molecule has 6 rings (SSSR count). The molecule has 9 nitrogen and oxygen atoms in total. The second kappa shape index (κ2) is 12.5. The van der Waals surface area contributed by atoms with Crippen LogP contribution in [-0.4, -0.2) is 75.1 Å². The maximum Gasteiger partial charge on any atom is 0.255 e. The lowest BCUT2D eigenvalue weighted by Gasteiger charge is -2.55. The minimum atomic E-state index is -0.409. The van der Waals surface area contributed by atoms with E-state index in [-0.39, 0.29) is 24.5 Å². The summed E-state index contributed by atoms with van der Waals surface area (Å²) in [7, 11) is 1.60. The molecule has 9 heteroatoms. The molecule has 2 saturated heterocycles. The average Bonchev–Trinajstić information content (AvgIpc) is 3.38. The van der Waals surface area contributed by atoms with Gasteiger partial charge in [0.1, 0.15) is 5.75 Å². The van der Waals surface area contributed by atoms with E-state index in [4.69, 9.17) is 24.3 Å². The highest BCUT2D eigenvalue weighted by Gasteiger charge is 2.46. The van der Waals surface area contributed by atoms with Crippen molar-refractivity contribution in [3.63, 3.8) is 0 Å². The van der Waals surface area contributed by atoms with Crippen LogP contribution in [0.15, 0.2) is 60.7 Å². The van der Waals surface area contributed by atoms with Gasteiger partial charge in [0, 0.05) is 44.5 Å². The van der Waals surface area contributed by atoms with Crippen LogP contribution in [0, 0.1) is 6.92 Å². The van der Waals surface area contributed by atoms with E-state index >= 15 is 0 Å². The molecule has 0 spiro atoms. The van der Waals surface area contributed by atoms with Crippen molar-refractivity contribution in [2.45, 2.75) is 77.7 Å². The molecule has 2 aromatic carbocycles. The number of methoxy groups -OCH3 is 1. The summed E-state index contributed by atoms with van der Waals surface area (Å²) >= 11 is 0. The number of hydrogen-bond acceptors (Lipinski definition) is 7. The van der Waals surface area contributed by atoms with E-state index in [2.05, 4.69) is 61.8 Å². The maximum absolute atomic E-state index is 14.9. The standard InChI is InChI=1S/C36H45N5O4/c1-25-32-29(34(42)40-23-35(2,3)39(22-36(40,4)5)21-26-12-8-7-9-13-26)20-30(27-15-17-28(18-16-27)45-24-43-6)37-33(32)41(38-25)31-14-10-11-19-44-31/h7-9,12-13,15-18,20,31H,10-11,14,19,21-24H2,1-6H3. The molecule has 0 aliphatic carbocycles. The summed E-state index contributed by atoms with van der Waals surface area (Å²) < 4.78 is 18.7. The van der Waals surface area contributed by atoms with E-state index in [9.17, 15) is 4.79 Å². The Morgan fingerprint density at radius 1 is 1.00 bits per heavy atom. The van der Waals surface area contributed by atoms with Gasteiger partial charge in [0.2, 0.25) is 0 Å². The topological polar surface area (TPSA) is 82.0 Å². The van der Waals surface area contributed by atoms with Crippen molar-refractivity contribution >= 4 is 16.9 Å². The molecule has 0 saturated carbocycles. The monoisotopic (exact) mass is 611 g/mol. The van der Waals surface area contributed by atoms with Crippen molar-refractivity contribution in [2.24, 2.45) is 0 Å². The molecule has 238 valence electrons. The molecule has 0 radical (unpaired) electrons. The molecule has 0 N–H and O–H groups in total. The Morgan fingerprint density at radius 3 is 2.44 bits per heavy atom. The minimum absolute atomic E-state index is 0.00616. The Labute approximate surface area is 266 Å². The van der Waals surface area contributed by atoms with E-state index in [1.54, 1.807) is 7.11 Å². The third-order valence-corrected chi connectivity index (χ3v) is 9.16. The van der Waals surface area contributed by atoms with Crippen LogP contribution in [0.1, 0.15) is 74.8 Å². The molecule has 2 aliphatic heterocycles. The molecule has 4 aromatic rings. The van der Waals surface area contributed by atoms with Gasteiger partial charge >= 0.3 is 0 Å². The number of fused-ring (bicyclic) bond motifs is 1. The van der Waals surface area contributed by atoms with Crippen LogP contribution in [-0.2, 0) is 16.0 Å². The molecule has 1 amide bonds. The van der Waals surface area contributed by atoms with Crippen molar-refractivity contribution in [1.82, 2.24) is 24.6 Å². The number of pyridine rings is 1. The Balaban J connectivity index is 1.41. The van der Waals surface area contributed by atoms with Crippen molar-refractivity contribution in [3.8, 4) is 17.0 Å². The first-order valence-corrected chi connectivity index (χ1v) is 15.9. The highest BCUT2D eigenvalue weighted by atomic mass is 16.7. The number of carbonyl (C=O) groups excluding carboxylic acids is 1. The van der Waals surface area contributed by atoms with Gasteiger partial charge in [-0.2, -0.15) is 5.10 Å². The number of ether oxygens (including phenoxy) is 3. The van der Waals surface area contributed by atoms with Gasteiger partial charge in [-0.3, -0.25) is 9.69 Å². The van der Waals surface area contributed by atoms with E-state index in [0.717, 1.165) is 49.0 Å². The zero-order chi connectivity index (χ0) is 31.8. The number of amides is 1. The number of hydrogen-bond donors (Lipinski definition) is 0. The Bertz CT molecular complexity index is 1640. The van der Waals surface area contributed by atoms with Crippen LogP contribution in [0.5, 0.6) is 5.75 Å². The lowest BCUT2D eigenvalue weighted by atomic mass is 9.87. The largest absolute Gasteiger partial charge is 0.468 e. The maximum atomic E-state index is 14.9. The number of benzene rings is 2. The Hall–Kier alpha value is -3.79. The molecule has 2 fully saturated rings. The van der Waals surface area contributed by atoms with Crippen molar-refractivity contribution in [2.75, 3.05) is 33.6 Å². The van der Waals surface area contributed by atoms with Crippen LogP contribution in [0.3, 0.4) is 0 Å². The number of carbonyl (C=O) groups is 1. The van der Waals surface area contributed by atoms with Crippen molar-refractivity contribution < 1.29 is 19.0 Å². The van der Waals surface area contributed by atoms with Crippen LogP contribution >= 0.6 is 0 Å². The average molecular weight is 612 g/mol. The first-order valence-electron chi connectivity index (χ1n) is 15.9. The predicted molar refractivity (Wildman–Crippen MR) is 175 cm³/mol. The first kappa shape index (κ1) is 31.2. The fourth-order valence-corrected chi connectivity index (χ4v) is 6.63. The Morgan fingerprint density at radius 2 is 1.76 bits per heavy atom. The normalized spacial score (nSPS) is 20.0. The van der Waals surface area contributed by atoms with Gasteiger partial charge < -0.3 is 19.1 Å². The smallest absolute Gasteiger partial charge is 0.255 e. The molecule has 1 unspecified atom stereocenters. The highest BCUT2D eigenvalue weighted by Crippen LogP contribution is 2.37. The molecule has 2 aromatic heterocycles. The Kier molecular flexibility index (Phi) is 8.70. The van der Waals surface area contributed by atoms with Crippen LogP contribution in [0.4, 0.5) is 0 Å². The zero-order valence-corrected chi connectivity index (χ0v) is 27.4. The number of aromatic nitrogens is 3. The van der Waals surface area contributed by atoms with Gasteiger partial charge in [-0.15, -0.1) is 0 Å². The quantitative estimate of drug-likeness (QED) is 0.208. The number of piperazine rings is 1. The number of aryl methyl sites for hydroxylation is 1.